The predicted molar refractivity (Wildman–Crippen MR) is 81.5 cm³/mol. The molecule has 1 aromatic heterocycles. The number of fused-ring (bicyclic) bond motifs is 1. The van der Waals surface area contributed by atoms with E-state index in [4.69, 9.17) is 10.8 Å². The van der Waals surface area contributed by atoms with E-state index in [-0.39, 0.29) is 5.56 Å². The van der Waals surface area contributed by atoms with Crippen LogP contribution in [0, 0.1) is 0 Å². The zero-order chi connectivity index (χ0) is 14.8. The predicted octanol–water partition coefficient (Wildman–Crippen LogP) is 3.06. The quantitative estimate of drug-likeness (QED) is 0.570. The maximum atomic E-state index is 11.1. The van der Waals surface area contributed by atoms with Crippen LogP contribution in [0.1, 0.15) is 10.4 Å². The van der Waals surface area contributed by atoms with Gasteiger partial charge in [-0.2, -0.15) is 0 Å². The summed E-state index contributed by atoms with van der Waals surface area (Å²) in [4.78, 5) is 20.2. The third-order valence-corrected chi connectivity index (χ3v) is 4.07. The van der Waals surface area contributed by atoms with Crippen molar-refractivity contribution in [1.82, 2.24) is 9.97 Å². The van der Waals surface area contributed by atoms with Crippen LogP contribution in [-0.4, -0.2) is 21.0 Å². The molecule has 0 radical (unpaired) electrons. The highest BCUT2D eigenvalue weighted by atomic mass is 32.2. The highest BCUT2D eigenvalue weighted by molar-refractivity contribution is 7.99. The SMILES string of the molecule is Nc1ccc(C(=O)O)cc1Sc1ncnc2ccccc12. The first-order valence-corrected chi connectivity index (χ1v) is 6.97. The number of benzene rings is 2. The first-order valence-electron chi connectivity index (χ1n) is 6.15. The van der Waals surface area contributed by atoms with Gasteiger partial charge < -0.3 is 10.8 Å². The summed E-state index contributed by atoms with van der Waals surface area (Å²) in [6.45, 7) is 0. The van der Waals surface area contributed by atoms with Gasteiger partial charge >= 0.3 is 5.97 Å². The molecule has 3 rings (SSSR count). The molecule has 104 valence electrons. The number of nitrogens with zero attached hydrogens (tertiary/aromatic N) is 2. The second kappa shape index (κ2) is 5.41. The first kappa shape index (κ1) is 13.4. The number of hydrogen-bond acceptors (Lipinski definition) is 5. The Labute approximate surface area is 124 Å². The van der Waals surface area contributed by atoms with Gasteiger partial charge in [0.1, 0.15) is 11.4 Å². The van der Waals surface area contributed by atoms with Crippen LogP contribution in [0.3, 0.4) is 0 Å². The van der Waals surface area contributed by atoms with E-state index in [0.29, 0.717) is 10.6 Å². The van der Waals surface area contributed by atoms with Gasteiger partial charge in [-0.3, -0.25) is 0 Å². The first-order chi connectivity index (χ1) is 10.1. The van der Waals surface area contributed by atoms with Crippen molar-refractivity contribution in [3.63, 3.8) is 0 Å². The van der Waals surface area contributed by atoms with Gasteiger partial charge in [0.05, 0.1) is 11.1 Å². The third-order valence-electron chi connectivity index (χ3n) is 2.97. The van der Waals surface area contributed by atoms with Crippen LogP contribution in [0.25, 0.3) is 10.9 Å². The number of nitrogen functional groups attached to an aromatic ring is 1. The van der Waals surface area contributed by atoms with E-state index in [0.717, 1.165) is 15.9 Å². The molecule has 0 atom stereocenters. The number of nitrogens with two attached hydrogens (primary N) is 1. The molecule has 6 heteroatoms. The van der Waals surface area contributed by atoms with Gasteiger partial charge in [-0.25, -0.2) is 14.8 Å². The monoisotopic (exact) mass is 297 g/mol. The average Bonchev–Trinajstić information content (AvgIpc) is 2.49. The van der Waals surface area contributed by atoms with Gasteiger partial charge in [-0.1, -0.05) is 30.0 Å². The van der Waals surface area contributed by atoms with Crippen LogP contribution >= 0.6 is 11.8 Å². The van der Waals surface area contributed by atoms with Crippen LogP contribution in [0.4, 0.5) is 5.69 Å². The molecule has 3 aromatic rings. The highest BCUT2D eigenvalue weighted by Crippen LogP contribution is 2.34. The van der Waals surface area contributed by atoms with Crippen LogP contribution in [0.15, 0.2) is 58.7 Å². The van der Waals surface area contributed by atoms with Crippen molar-refractivity contribution in [2.24, 2.45) is 0 Å². The lowest BCUT2D eigenvalue weighted by molar-refractivity contribution is 0.0696. The maximum absolute atomic E-state index is 11.1. The molecule has 0 bridgehead atoms. The topological polar surface area (TPSA) is 89.1 Å². The number of rotatable bonds is 3. The third kappa shape index (κ3) is 2.66. The highest BCUT2D eigenvalue weighted by Gasteiger charge is 2.11. The number of aromatic carboxylic acids is 1. The Morgan fingerprint density at radius 1 is 1.14 bits per heavy atom. The maximum Gasteiger partial charge on any atom is 0.335 e. The standard InChI is InChI=1S/C15H11N3O2S/c16-11-6-5-9(15(19)20)7-13(11)21-14-10-3-1-2-4-12(10)17-8-18-14/h1-8H,16H2,(H,19,20). The molecule has 21 heavy (non-hydrogen) atoms. The number of anilines is 1. The summed E-state index contributed by atoms with van der Waals surface area (Å²) in [6.07, 6.45) is 1.49. The molecule has 0 saturated carbocycles. The second-order valence-electron chi connectivity index (χ2n) is 4.36. The minimum atomic E-state index is -0.982. The number of hydrogen-bond donors (Lipinski definition) is 2. The van der Waals surface area contributed by atoms with Gasteiger partial charge in [-0.05, 0) is 24.3 Å². The molecule has 0 saturated heterocycles. The van der Waals surface area contributed by atoms with Gasteiger partial charge in [0, 0.05) is 16.0 Å². The number of carboxylic acid groups (broad SMARTS) is 1. The van der Waals surface area contributed by atoms with Crippen molar-refractivity contribution in [2.45, 2.75) is 9.92 Å². The fraction of sp³-hybridized carbons (Fsp3) is 0. The Hall–Kier alpha value is -2.60. The molecule has 0 amide bonds. The Morgan fingerprint density at radius 2 is 1.95 bits per heavy atom. The molecular formula is C15H11N3O2S. The minimum absolute atomic E-state index is 0.199. The average molecular weight is 297 g/mol. The summed E-state index contributed by atoms with van der Waals surface area (Å²) < 4.78 is 0. The van der Waals surface area contributed by atoms with Gasteiger partial charge in [0.25, 0.3) is 0 Å². The minimum Gasteiger partial charge on any atom is -0.478 e. The van der Waals surface area contributed by atoms with E-state index >= 15 is 0 Å². The van der Waals surface area contributed by atoms with E-state index in [9.17, 15) is 4.79 Å². The normalized spacial score (nSPS) is 10.7. The van der Waals surface area contributed by atoms with Crippen LogP contribution in [-0.2, 0) is 0 Å². The Balaban J connectivity index is 2.06. The summed E-state index contributed by atoms with van der Waals surface area (Å²) in [5.74, 6) is -0.982. The lowest BCUT2D eigenvalue weighted by Gasteiger charge is -2.08. The molecular weight excluding hydrogens is 286 g/mol. The second-order valence-corrected chi connectivity index (χ2v) is 5.39. The van der Waals surface area contributed by atoms with Crippen LogP contribution in [0.2, 0.25) is 0 Å². The van der Waals surface area contributed by atoms with Crippen molar-refractivity contribution in [3.05, 3.63) is 54.4 Å². The largest absolute Gasteiger partial charge is 0.478 e. The number of para-hydroxylation sites is 1. The van der Waals surface area contributed by atoms with Crippen LogP contribution < -0.4 is 5.73 Å². The zero-order valence-corrected chi connectivity index (χ0v) is 11.7. The summed E-state index contributed by atoms with van der Waals surface area (Å²) >= 11 is 1.34. The zero-order valence-electron chi connectivity index (χ0n) is 10.9. The van der Waals surface area contributed by atoms with E-state index < -0.39 is 5.97 Å². The van der Waals surface area contributed by atoms with Gasteiger partial charge in [0.2, 0.25) is 0 Å². The summed E-state index contributed by atoms with van der Waals surface area (Å²) in [5, 5.41) is 10.7. The van der Waals surface area contributed by atoms with Crippen molar-refractivity contribution >= 4 is 34.3 Å². The molecule has 0 aliphatic rings. The number of carboxylic acids is 1. The molecule has 5 nitrogen and oxygen atoms in total. The Morgan fingerprint density at radius 3 is 2.76 bits per heavy atom. The van der Waals surface area contributed by atoms with Crippen molar-refractivity contribution in [3.8, 4) is 0 Å². The summed E-state index contributed by atoms with van der Waals surface area (Å²) in [6, 6.07) is 12.3. The molecule has 0 aliphatic heterocycles. The molecule has 3 N–H and O–H groups in total. The fourth-order valence-corrected chi connectivity index (χ4v) is 2.88. The Kier molecular flexibility index (Phi) is 3.45. The smallest absolute Gasteiger partial charge is 0.335 e. The molecule has 0 fully saturated rings. The number of aromatic nitrogens is 2. The summed E-state index contributed by atoms with van der Waals surface area (Å²) in [5.41, 5.74) is 7.48. The number of carbonyl (C=O) groups is 1. The van der Waals surface area contributed by atoms with E-state index in [1.807, 2.05) is 24.3 Å². The van der Waals surface area contributed by atoms with E-state index in [1.165, 1.54) is 24.2 Å². The van der Waals surface area contributed by atoms with Crippen molar-refractivity contribution < 1.29 is 9.90 Å². The molecule has 0 unspecified atom stereocenters. The van der Waals surface area contributed by atoms with Gasteiger partial charge in [-0.15, -0.1) is 0 Å². The lowest BCUT2D eigenvalue weighted by atomic mass is 10.2. The fourth-order valence-electron chi connectivity index (χ4n) is 1.92. The molecule has 1 heterocycles. The van der Waals surface area contributed by atoms with Crippen LogP contribution in [0.5, 0.6) is 0 Å². The van der Waals surface area contributed by atoms with E-state index in [1.54, 1.807) is 12.1 Å². The molecule has 0 aliphatic carbocycles. The van der Waals surface area contributed by atoms with Crippen molar-refractivity contribution in [2.75, 3.05) is 5.73 Å². The molecule has 0 spiro atoms. The molecule has 2 aromatic carbocycles. The lowest BCUT2D eigenvalue weighted by Crippen LogP contribution is -1.98. The van der Waals surface area contributed by atoms with Crippen molar-refractivity contribution in [1.29, 1.82) is 0 Å². The summed E-state index contributed by atoms with van der Waals surface area (Å²) in [7, 11) is 0. The van der Waals surface area contributed by atoms with Gasteiger partial charge in [0.15, 0.2) is 0 Å². The van der Waals surface area contributed by atoms with E-state index in [2.05, 4.69) is 9.97 Å². The Bertz CT molecular complexity index is 831.